The Kier molecular flexibility index (Phi) is 3.29. The van der Waals surface area contributed by atoms with Gasteiger partial charge in [-0.25, -0.2) is 4.68 Å². The summed E-state index contributed by atoms with van der Waals surface area (Å²) in [6, 6.07) is 7.16. The molecule has 0 aliphatic carbocycles. The van der Waals surface area contributed by atoms with Crippen molar-refractivity contribution in [3.05, 3.63) is 35.5 Å². The number of hydrogen-bond donors (Lipinski definition) is 1. The summed E-state index contributed by atoms with van der Waals surface area (Å²) in [6.45, 7) is 6.13. The highest BCUT2D eigenvalue weighted by Crippen LogP contribution is 2.32. The predicted octanol–water partition coefficient (Wildman–Crippen LogP) is 2.75. The summed E-state index contributed by atoms with van der Waals surface area (Å²) >= 11 is 0. The molecule has 0 bridgehead atoms. The number of aromatic nitrogens is 2. The van der Waals surface area contributed by atoms with E-state index in [1.165, 1.54) is 0 Å². The first-order valence-corrected chi connectivity index (χ1v) is 6.82. The van der Waals surface area contributed by atoms with Crippen LogP contribution in [0.1, 0.15) is 35.9 Å². The minimum atomic E-state index is -0.199. The Balaban J connectivity index is 1.83. The number of carbonyl (C=O) groups excluding carboxylic acids is 1. The number of rotatable bonds is 3. The van der Waals surface area contributed by atoms with Crippen molar-refractivity contribution in [3.8, 4) is 11.5 Å². The van der Waals surface area contributed by atoms with E-state index in [2.05, 4.69) is 10.4 Å². The van der Waals surface area contributed by atoms with Gasteiger partial charge in [-0.2, -0.15) is 5.10 Å². The van der Waals surface area contributed by atoms with Gasteiger partial charge in [-0.15, -0.1) is 0 Å². The highest BCUT2D eigenvalue weighted by atomic mass is 16.7. The number of nitrogens with zero attached hydrogens (tertiary/aromatic N) is 2. The lowest BCUT2D eigenvalue weighted by Crippen LogP contribution is -2.16. The molecule has 0 atom stereocenters. The Morgan fingerprint density at radius 2 is 2.05 bits per heavy atom. The lowest BCUT2D eigenvalue weighted by Gasteiger charge is -2.11. The first kappa shape index (κ1) is 13.5. The maximum absolute atomic E-state index is 12.3. The van der Waals surface area contributed by atoms with Gasteiger partial charge < -0.3 is 14.8 Å². The number of hydrogen-bond acceptors (Lipinski definition) is 4. The van der Waals surface area contributed by atoms with Crippen LogP contribution in [0.15, 0.2) is 24.3 Å². The molecule has 21 heavy (non-hydrogen) atoms. The van der Waals surface area contributed by atoms with Gasteiger partial charge in [0, 0.05) is 17.7 Å². The fourth-order valence-electron chi connectivity index (χ4n) is 2.23. The Morgan fingerprint density at radius 3 is 2.81 bits per heavy atom. The van der Waals surface area contributed by atoms with Crippen LogP contribution in [-0.2, 0) is 0 Å². The van der Waals surface area contributed by atoms with Crippen molar-refractivity contribution in [1.29, 1.82) is 0 Å². The summed E-state index contributed by atoms with van der Waals surface area (Å²) in [5, 5.41) is 7.26. The van der Waals surface area contributed by atoms with E-state index < -0.39 is 0 Å². The quantitative estimate of drug-likeness (QED) is 0.942. The minimum Gasteiger partial charge on any atom is -0.454 e. The van der Waals surface area contributed by atoms with Crippen LogP contribution in [0.25, 0.3) is 0 Å². The van der Waals surface area contributed by atoms with Crippen molar-refractivity contribution >= 4 is 11.7 Å². The fraction of sp³-hybridized carbons (Fsp3) is 0.333. The molecule has 0 spiro atoms. The second-order valence-electron chi connectivity index (χ2n) is 5.23. The average molecular weight is 287 g/mol. The molecule has 110 valence electrons. The molecule has 1 aromatic carbocycles. The Bertz CT molecular complexity index is 691. The molecule has 0 saturated heterocycles. The van der Waals surface area contributed by atoms with Crippen LogP contribution in [0.5, 0.6) is 11.5 Å². The zero-order chi connectivity index (χ0) is 15.0. The summed E-state index contributed by atoms with van der Waals surface area (Å²) in [6.07, 6.45) is 0. The van der Waals surface area contributed by atoms with Crippen molar-refractivity contribution in [2.24, 2.45) is 0 Å². The molecular formula is C15H17N3O3. The van der Waals surface area contributed by atoms with Crippen molar-refractivity contribution in [3.63, 3.8) is 0 Å². The molecule has 1 amide bonds. The van der Waals surface area contributed by atoms with Crippen molar-refractivity contribution in [2.75, 3.05) is 12.1 Å². The van der Waals surface area contributed by atoms with E-state index in [9.17, 15) is 4.79 Å². The molecule has 1 aliphatic heterocycles. The summed E-state index contributed by atoms with van der Waals surface area (Å²) in [7, 11) is 0. The molecule has 1 N–H and O–H groups in total. The summed E-state index contributed by atoms with van der Waals surface area (Å²) in [5.41, 5.74) is 1.39. The van der Waals surface area contributed by atoms with Gasteiger partial charge in [0.05, 0.1) is 5.69 Å². The van der Waals surface area contributed by atoms with Gasteiger partial charge in [-0.1, -0.05) is 0 Å². The van der Waals surface area contributed by atoms with Gasteiger partial charge in [-0.3, -0.25) is 4.79 Å². The Morgan fingerprint density at radius 1 is 1.29 bits per heavy atom. The van der Waals surface area contributed by atoms with Crippen molar-refractivity contribution < 1.29 is 14.3 Å². The third-order valence-corrected chi connectivity index (χ3v) is 3.22. The molecule has 1 aromatic heterocycles. The van der Waals surface area contributed by atoms with Crippen LogP contribution in [0.4, 0.5) is 5.82 Å². The first-order valence-electron chi connectivity index (χ1n) is 6.82. The third kappa shape index (κ3) is 2.56. The Labute approximate surface area is 122 Å². The van der Waals surface area contributed by atoms with Gasteiger partial charge in [0.1, 0.15) is 5.82 Å². The van der Waals surface area contributed by atoms with Gasteiger partial charge in [0.15, 0.2) is 11.5 Å². The summed E-state index contributed by atoms with van der Waals surface area (Å²) in [5.74, 6) is 1.74. The molecular weight excluding hydrogens is 270 g/mol. The van der Waals surface area contributed by atoms with E-state index in [1.54, 1.807) is 22.9 Å². The summed E-state index contributed by atoms with van der Waals surface area (Å²) in [4.78, 5) is 12.3. The van der Waals surface area contributed by atoms with E-state index in [1.807, 2.05) is 26.8 Å². The number of aryl methyl sites for hydroxylation is 1. The molecule has 2 heterocycles. The minimum absolute atomic E-state index is 0.172. The predicted molar refractivity (Wildman–Crippen MR) is 77.9 cm³/mol. The fourth-order valence-corrected chi connectivity index (χ4v) is 2.23. The number of anilines is 1. The van der Waals surface area contributed by atoms with Gasteiger partial charge in [-0.05, 0) is 39.0 Å². The van der Waals surface area contributed by atoms with Crippen molar-refractivity contribution in [2.45, 2.75) is 26.8 Å². The smallest absolute Gasteiger partial charge is 0.256 e. The highest BCUT2D eigenvalue weighted by Gasteiger charge is 2.18. The largest absolute Gasteiger partial charge is 0.454 e. The number of ether oxygens (including phenoxy) is 2. The zero-order valence-corrected chi connectivity index (χ0v) is 12.2. The second kappa shape index (κ2) is 5.12. The number of carbonyl (C=O) groups is 1. The lowest BCUT2D eigenvalue weighted by molar-refractivity contribution is 0.102. The maximum Gasteiger partial charge on any atom is 0.256 e. The monoisotopic (exact) mass is 287 g/mol. The number of benzene rings is 1. The van der Waals surface area contributed by atoms with Gasteiger partial charge in [0.25, 0.3) is 5.91 Å². The van der Waals surface area contributed by atoms with E-state index in [-0.39, 0.29) is 18.7 Å². The molecule has 3 rings (SSSR count). The Hall–Kier alpha value is -2.50. The van der Waals surface area contributed by atoms with E-state index >= 15 is 0 Å². The normalized spacial score (nSPS) is 12.8. The lowest BCUT2D eigenvalue weighted by atomic mass is 10.2. The molecule has 0 unspecified atom stereocenters. The van der Waals surface area contributed by atoms with Crippen LogP contribution >= 0.6 is 0 Å². The number of amides is 1. The number of fused-ring (bicyclic) bond motifs is 1. The molecule has 0 saturated carbocycles. The number of nitrogens with one attached hydrogen (secondary N) is 1. The van der Waals surface area contributed by atoms with Crippen LogP contribution in [0.2, 0.25) is 0 Å². The van der Waals surface area contributed by atoms with Crippen LogP contribution in [0, 0.1) is 6.92 Å². The highest BCUT2D eigenvalue weighted by molar-refractivity contribution is 6.04. The van der Waals surface area contributed by atoms with Gasteiger partial charge >= 0.3 is 0 Å². The molecule has 0 fully saturated rings. The summed E-state index contributed by atoms with van der Waals surface area (Å²) < 4.78 is 12.3. The molecule has 2 aromatic rings. The van der Waals surface area contributed by atoms with Gasteiger partial charge in [0.2, 0.25) is 6.79 Å². The second-order valence-corrected chi connectivity index (χ2v) is 5.23. The first-order chi connectivity index (χ1) is 10.0. The zero-order valence-electron chi connectivity index (χ0n) is 12.2. The van der Waals surface area contributed by atoms with E-state index in [4.69, 9.17) is 9.47 Å². The topological polar surface area (TPSA) is 65.4 Å². The van der Waals surface area contributed by atoms with Crippen LogP contribution in [-0.4, -0.2) is 22.5 Å². The van der Waals surface area contributed by atoms with Crippen LogP contribution < -0.4 is 14.8 Å². The van der Waals surface area contributed by atoms with Crippen LogP contribution in [0.3, 0.4) is 0 Å². The molecule has 6 heteroatoms. The molecule has 0 radical (unpaired) electrons. The molecule has 6 nitrogen and oxygen atoms in total. The standard InChI is InChI=1S/C15H17N3O3/c1-9(2)18-14(6-10(3)17-18)16-15(19)11-4-5-12-13(7-11)21-8-20-12/h4-7,9H,8H2,1-3H3,(H,16,19). The average Bonchev–Trinajstić information content (AvgIpc) is 3.04. The molecule has 1 aliphatic rings. The van der Waals surface area contributed by atoms with E-state index in [0.29, 0.717) is 22.9 Å². The van der Waals surface area contributed by atoms with Crippen molar-refractivity contribution in [1.82, 2.24) is 9.78 Å². The third-order valence-electron chi connectivity index (χ3n) is 3.22. The maximum atomic E-state index is 12.3. The SMILES string of the molecule is Cc1cc(NC(=O)c2ccc3c(c2)OCO3)n(C(C)C)n1. The van der Waals surface area contributed by atoms with E-state index in [0.717, 1.165) is 5.69 Å².